The fourth-order valence-corrected chi connectivity index (χ4v) is 1.25. The molecular formula is C10H14. The molecule has 0 heteroatoms. The molecule has 0 amide bonds. The van der Waals surface area contributed by atoms with Gasteiger partial charge in [0.15, 0.2) is 0 Å². The van der Waals surface area contributed by atoms with Gasteiger partial charge in [0.1, 0.15) is 0 Å². The van der Waals surface area contributed by atoms with Gasteiger partial charge in [0.25, 0.3) is 0 Å². The third-order valence-corrected chi connectivity index (χ3v) is 1.89. The Morgan fingerprint density at radius 1 is 1.40 bits per heavy atom. The first-order valence-corrected chi connectivity index (χ1v) is 3.75. The fraction of sp³-hybridized carbons (Fsp3) is 0.400. The Bertz CT molecular complexity index is 182. The lowest BCUT2D eigenvalue weighted by molar-refractivity contribution is 0.533. The van der Waals surface area contributed by atoms with Crippen LogP contribution in [0, 0.1) is 11.8 Å². The van der Waals surface area contributed by atoms with Crippen LogP contribution >= 0.6 is 0 Å². The second-order valence-electron chi connectivity index (χ2n) is 3.09. The van der Waals surface area contributed by atoms with Gasteiger partial charge in [-0.25, -0.2) is 0 Å². The first-order chi connectivity index (χ1) is 4.72. The molecule has 0 fully saturated rings. The highest BCUT2D eigenvalue weighted by molar-refractivity contribution is 5.30. The van der Waals surface area contributed by atoms with E-state index in [1.54, 1.807) is 0 Å². The first-order valence-electron chi connectivity index (χ1n) is 3.75. The van der Waals surface area contributed by atoms with E-state index in [-0.39, 0.29) is 0 Å². The summed E-state index contributed by atoms with van der Waals surface area (Å²) in [6.45, 7) is 8.42. The van der Waals surface area contributed by atoms with Crippen molar-refractivity contribution in [2.24, 2.45) is 11.8 Å². The van der Waals surface area contributed by atoms with Gasteiger partial charge in [-0.15, -0.1) is 0 Å². The van der Waals surface area contributed by atoms with Crippen molar-refractivity contribution in [1.29, 1.82) is 0 Å². The standard InChI is InChI=1S/C10H14/c1-8(2)10-7-5-4-6-9(10)3/h4-8,10H,3H2,1-2H3. The Labute approximate surface area is 62.9 Å². The number of rotatable bonds is 1. The third-order valence-electron chi connectivity index (χ3n) is 1.89. The summed E-state index contributed by atoms with van der Waals surface area (Å²) >= 11 is 0. The minimum atomic E-state index is 0.560. The van der Waals surface area contributed by atoms with Crippen LogP contribution in [-0.4, -0.2) is 0 Å². The highest BCUT2D eigenvalue weighted by atomic mass is 14.2. The average molecular weight is 134 g/mol. The van der Waals surface area contributed by atoms with Crippen LogP contribution in [0.2, 0.25) is 0 Å². The second-order valence-corrected chi connectivity index (χ2v) is 3.09. The zero-order valence-corrected chi connectivity index (χ0v) is 6.67. The maximum Gasteiger partial charge on any atom is 0.00382 e. The lowest BCUT2D eigenvalue weighted by Gasteiger charge is -2.19. The zero-order chi connectivity index (χ0) is 7.56. The van der Waals surface area contributed by atoms with Crippen molar-refractivity contribution < 1.29 is 0 Å². The zero-order valence-electron chi connectivity index (χ0n) is 6.67. The fourth-order valence-electron chi connectivity index (χ4n) is 1.25. The van der Waals surface area contributed by atoms with E-state index in [1.807, 2.05) is 6.08 Å². The van der Waals surface area contributed by atoms with Crippen molar-refractivity contribution in [3.05, 3.63) is 36.5 Å². The van der Waals surface area contributed by atoms with E-state index >= 15 is 0 Å². The first kappa shape index (κ1) is 7.33. The van der Waals surface area contributed by atoms with Crippen molar-refractivity contribution in [3.63, 3.8) is 0 Å². The van der Waals surface area contributed by atoms with Crippen LogP contribution in [0.1, 0.15) is 13.8 Å². The van der Waals surface area contributed by atoms with Gasteiger partial charge in [-0.3, -0.25) is 0 Å². The highest BCUT2D eigenvalue weighted by Crippen LogP contribution is 2.24. The van der Waals surface area contributed by atoms with Gasteiger partial charge < -0.3 is 0 Å². The van der Waals surface area contributed by atoms with Crippen molar-refractivity contribution in [2.45, 2.75) is 13.8 Å². The molecule has 0 aromatic carbocycles. The summed E-state index contributed by atoms with van der Waals surface area (Å²) in [5, 5.41) is 0. The molecule has 0 saturated heterocycles. The molecule has 0 spiro atoms. The van der Waals surface area contributed by atoms with Gasteiger partial charge in [-0.2, -0.15) is 0 Å². The molecular weight excluding hydrogens is 120 g/mol. The molecule has 0 radical (unpaired) electrons. The minimum Gasteiger partial charge on any atom is -0.0952 e. The summed E-state index contributed by atoms with van der Waals surface area (Å²) in [7, 11) is 0. The van der Waals surface area contributed by atoms with Crippen LogP contribution < -0.4 is 0 Å². The Hall–Kier alpha value is -0.780. The summed E-state index contributed by atoms with van der Waals surface area (Å²) < 4.78 is 0. The monoisotopic (exact) mass is 134 g/mol. The minimum absolute atomic E-state index is 0.560. The molecule has 1 rings (SSSR count). The maximum absolute atomic E-state index is 3.98. The molecule has 10 heavy (non-hydrogen) atoms. The van der Waals surface area contributed by atoms with Gasteiger partial charge in [-0.05, 0) is 11.5 Å². The topological polar surface area (TPSA) is 0 Å². The smallest absolute Gasteiger partial charge is 0.00382 e. The molecule has 0 aromatic heterocycles. The van der Waals surface area contributed by atoms with E-state index in [0.29, 0.717) is 11.8 Å². The SMILES string of the molecule is C=C1C=CC=CC1C(C)C. The van der Waals surface area contributed by atoms with Gasteiger partial charge in [0.2, 0.25) is 0 Å². The molecule has 0 saturated carbocycles. The quantitative estimate of drug-likeness (QED) is 0.517. The van der Waals surface area contributed by atoms with Crippen LogP contribution in [0.5, 0.6) is 0 Å². The normalized spacial score (nSPS) is 24.3. The maximum atomic E-state index is 3.98. The van der Waals surface area contributed by atoms with Crippen LogP contribution in [0.15, 0.2) is 36.5 Å². The summed E-state index contributed by atoms with van der Waals surface area (Å²) in [5.74, 6) is 1.23. The molecule has 1 atom stereocenters. The van der Waals surface area contributed by atoms with Gasteiger partial charge in [-0.1, -0.05) is 44.7 Å². The van der Waals surface area contributed by atoms with Crippen molar-refractivity contribution in [1.82, 2.24) is 0 Å². The van der Waals surface area contributed by atoms with Crippen LogP contribution in [0.3, 0.4) is 0 Å². The molecule has 0 aliphatic heterocycles. The molecule has 0 aromatic rings. The summed E-state index contributed by atoms with van der Waals surface area (Å²) in [5.41, 5.74) is 1.23. The van der Waals surface area contributed by atoms with E-state index in [9.17, 15) is 0 Å². The lowest BCUT2D eigenvalue weighted by Crippen LogP contribution is -2.08. The van der Waals surface area contributed by atoms with Gasteiger partial charge in [0.05, 0.1) is 0 Å². The number of hydrogen-bond acceptors (Lipinski definition) is 0. The van der Waals surface area contributed by atoms with E-state index in [2.05, 4.69) is 38.7 Å². The van der Waals surface area contributed by atoms with E-state index < -0.39 is 0 Å². The summed E-state index contributed by atoms with van der Waals surface area (Å²) in [6, 6.07) is 0. The van der Waals surface area contributed by atoms with Crippen molar-refractivity contribution >= 4 is 0 Å². The van der Waals surface area contributed by atoms with Gasteiger partial charge in [0, 0.05) is 5.92 Å². The summed E-state index contributed by atoms with van der Waals surface area (Å²) in [6.07, 6.45) is 8.44. The van der Waals surface area contributed by atoms with E-state index in [4.69, 9.17) is 0 Å². The molecule has 0 N–H and O–H groups in total. The highest BCUT2D eigenvalue weighted by Gasteiger charge is 2.12. The van der Waals surface area contributed by atoms with Crippen LogP contribution in [-0.2, 0) is 0 Å². The lowest BCUT2D eigenvalue weighted by atomic mass is 9.86. The van der Waals surface area contributed by atoms with Crippen LogP contribution in [0.25, 0.3) is 0 Å². The number of allylic oxidation sites excluding steroid dienone is 5. The third kappa shape index (κ3) is 1.38. The Balaban J connectivity index is 2.70. The van der Waals surface area contributed by atoms with E-state index in [0.717, 1.165) is 0 Å². The van der Waals surface area contributed by atoms with E-state index in [1.165, 1.54) is 5.57 Å². The molecule has 1 aliphatic rings. The predicted molar refractivity (Wildman–Crippen MR) is 45.7 cm³/mol. The Morgan fingerprint density at radius 3 is 2.50 bits per heavy atom. The molecule has 0 heterocycles. The molecule has 0 bridgehead atoms. The largest absolute Gasteiger partial charge is 0.0952 e. The molecule has 1 aliphatic carbocycles. The van der Waals surface area contributed by atoms with Gasteiger partial charge >= 0.3 is 0 Å². The van der Waals surface area contributed by atoms with Crippen molar-refractivity contribution in [3.8, 4) is 0 Å². The summed E-state index contributed by atoms with van der Waals surface area (Å²) in [4.78, 5) is 0. The Morgan fingerprint density at radius 2 is 2.10 bits per heavy atom. The Kier molecular flexibility index (Phi) is 2.10. The van der Waals surface area contributed by atoms with Crippen molar-refractivity contribution in [2.75, 3.05) is 0 Å². The molecule has 1 unspecified atom stereocenters. The molecule has 54 valence electrons. The van der Waals surface area contributed by atoms with Crippen LogP contribution in [0.4, 0.5) is 0 Å². The second kappa shape index (κ2) is 2.87. The average Bonchev–Trinajstić information content (AvgIpc) is 1.88. The molecule has 0 nitrogen and oxygen atoms in total. The predicted octanol–water partition coefficient (Wildman–Crippen LogP) is 2.94. The number of hydrogen-bond donors (Lipinski definition) is 0.